The van der Waals surface area contributed by atoms with Crippen molar-refractivity contribution in [3.8, 4) is 0 Å². The Morgan fingerprint density at radius 1 is 1.47 bits per heavy atom. The molecule has 1 fully saturated rings. The van der Waals surface area contributed by atoms with Crippen LogP contribution >= 0.6 is 0 Å². The summed E-state index contributed by atoms with van der Waals surface area (Å²) in [7, 11) is 0. The van der Waals surface area contributed by atoms with E-state index in [4.69, 9.17) is 0 Å². The molecule has 1 amide bonds. The molecule has 1 aliphatic rings. The molecule has 2 unspecified atom stereocenters. The molecule has 2 rings (SSSR count). The summed E-state index contributed by atoms with van der Waals surface area (Å²) in [5.74, 6) is 0.0914. The SMILES string of the molecule is CC(O)CC1CCCN1C(=O)c1ccccc1. The van der Waals surface area contributed by atoms with E-state index < -0.39 is 0 Å². The molecule has 1 aliphatic heterocycles. The van der Waals surface area contributed by atoms with Crippen molar-refractivity contribution in [2.24, 2.45) is 0 Å². The molecular formula is C14H19NO2. The fourth-order valence-corrected chi connectivity index (χ4v) is 2.49. The van der Waals surface area contributed by atoms with Crippen LogP contribution in [0.5, 0.6) is 0 Å². The van der Waals surface area contributed by atoms with Gasteiger partial charge in [-0.25, -0.2) is 0 Å². The summed E-state index contributed by atoms with van der Waals surface area (Å²) < 4.78 is 0. The van der Waals surface area contributed by atoms with Gasteiger partial charge < -0.3 is 10.0 Å². The number of hydrogen-bond donors (Lipinski definition) is 1. The van der Waals surface area contributed by atoms with Gasteiger partial charge >= 0.3 is 0 Å². The molecule has 1 heterocycles. The van der Waals surface area contributed by atoms with Gasteiger partial charge in [0.1, 0.15) is 0 Å². The van der Waals surface area contributed by atoms with E-state index in [0.717, 1.165) is 24.9 Å². The normalized spacial score (nSPS) is 21.5. The van der Waals surface area contributed by atoms with Crippen molar-refractivity contribution in [1.29, 1.82) is 0 Å². The third kappa shape index (κ3) is 2.86. The van der Waals surface area contributed by atoms with E-state index in [9.17, 15) is 9.90 Å². The predicted octanol–water partition coefficient (Wildman–Crippen LogP) is 2.06. The second-order valence-electron chi connectivity index (χ2n) is 4.75. The van der Waals surface area contributed by atoms with E-state index in [-0.39, 0.29) is 18.1 Å². The van der Waals surface area contributed by atoms with Gasteiger partial charge in [0.05, 0.1) is 6.10 Å². The van der Waals surface area contributed by atoms with E-state index in [1.807, 2.05) is 35.2 Å². The molecule has 17 heavy (non-hydrogen) atoms. The van der Waals surface area contributed by atoms with Crippen LogP contribution in [0.2, 0.25) is 0 Å². The van der Waals surface area contributed by atoms with Crippen molar-refractivity contribution in [3.63, 3.8) is 0 Å². The van der Waals surface area contributed by atoms with Gasteiger partial charge in [-0.3, -0.25) is 4.79 Å². The van der Waals surface area contributed by atoms with Crippen LogP contribution in [0.15, 0.2) is 30.3 Å². The molecule has 3 nitrogen and oxygen atoms in total. The minimum absolute atomic E-state index is 0.0914. The maximum atomic E-state index is 12.3. The van der Waals surface area contributed by atoms with Crippen LogP contribution in [-0.2, 0) is 0 Å². The maximum Gasteiger partial charge on any atom is 0.254 e. The number of benzene rings is 1. The zero-order valence-electron chi connectivity index (χ0n) is 10.2. The van der Waals surface area contributed by atoms with E-state index >= 15 is 0 Å². The van der Waals surface area contributed by atoms with Crippen molar-refractivity contribution in [1.82, 2.24) is 4.90 Å². The molecule has 92 valence electrons. The summed E-state index contributed by atoms with van der Waals surface area (Å²) in [5, 5.41) is 9.44. The first-order valence-electron chi connectivity index (χ1n) is 6.22. The van der Waals surface area contributed by atoms with Crippen molar-refractivity contribution >= 4 is 5.91 Å². The number of carbonyl (C=O) groups is 1. The lowest BCUT2D eigenvalue weighted by atomic mass is 10.1. The molecule has 0 saturated carbocycles. The maximum absolute atomic E-state index is 12.3. The number of likely N-dealkylation sites (tertiary alicyclic amines) is 1. The Morgan fingerprint density at radius 2 is 2.18 bits per heavy atom. The number of hydrogen-bond acceptors (Lipinski definition) is 2. The predicted molar refractivity (Wildman–Crippen MR) is 66.8 cm³/mol. The molecule has 3 heteroatoms. The van der Waals surface area contributed by atoms with E-state index in [2.05, 4.69) is 0 Å². The fraction of sp³-hybridized carbons (Fsp3) is 0.500. The molecule has 0 aromatic heterocycles. The number of aliphatic hydroxyl groups excluding tert-OH is 1. The van der Waals surface area contributed by atoms with Crippen molar-refractivity contribution in [3.05, 3.63) is 35.9 Å². The number of amides is 1. The second-order valence-corrected chi connectivity index (χ2v) is 4.75. The van der Waals surface area contributed by atoms with Crippen LogP contribution in [-0.4, -0.2) is 34.6 Å². The number of rotatable bonds is 3. The highest BCUT2D eigenvalue weighted by atomic mass is 16.3. The van der Waals surface area contributed by atoms with Crippen LogP contribution in [0, 0.1) is 0 Å². The Labute approximate surface area is 102 Å². The lowest BCUT2D eigenvalue weighted by molar-refractivity contribution is 0.0682. The second kappa shape index (κ2) is 5.32. The van der Waals surface area contributed by atoms with E-state index in [1.165, 1.54) is 0 Å². The van der Waals surface area contributed by atoms with Gasteiger partial charge in [-0.2, -0.15) is 0 Å². The van der Waals surface area contributed by atoms with E-state index in [0.29, 0.717) is 6.42 Å². The standard InChI is InChI=1S/C14H19NO2/c1-11(16)10-13-8-5-9-15(13)14(17)12-6-3-2-4-7-12/h2-4,6-7,11,13,16H,5,8-10H2,1H3. The monoisotopic (exact) mass is 233 g/mol. The highest BCUT2D eigenvalue weighted by Crippen LogP contribution is 2.23. The van der Waals surface area contributed by atoms with Gasteiger partial charge in [-0.15, -0.1) is 0 Å². The summed E-state index contributed by atoms with van der Waals surface area (Å²) in [6, 6.07) is 9.57. The molecule has 1 N–H and O–H groups in total. The number of nitrogens with zero attached hydrogens (tertiary/aromatic N) is 1. The molecule has 1 aromatic carbocycles. The smallest absolute Gasteiger partial charge is 0.254 e. The van der Waals surface area contributed by atoms with Crippen LogP contribution in [0.3, 0.4) is 0 Å². The van der Waals surface area contributed by atoms with Gasteiger partial charge in [0.15, 0.2) is 0 Å². The zero-order valence-corrected chi connectivity index (χ0v) is 10.2. The lowest BCUT2D eigenvalue weighted by Crippen LogP contribution is -2.37. The van der Waals surface area contributed by atoms with E-state index in [1.54, 1.807) is 6.92 Å². The first-order chi connectivity index (χ1) is 8.18. The number of carbonyl (C=O) groups excluding carboxylic acids is 1. The Balaban J connectivity index is 2.08. The first-order valence-corrected chi connectivity index (χ1v) is 6.22. The number of aliphatic hydroxyl groups is 1. The third-order valence-corrected chi connectivity index (χ3v) is 3.27. The Morgan fingerprint density at radius 3 is 2.82 bits per heavy atom. The minimum atomic E-state index is -0.343. The minimum Gasteiger partial charge on any atom is -0.393 e. The molecule has 2 atom stereocenters. The topological polar surface area (TPSA) is 40.5 Å². The average Bonchev–Trinajstić information content (AvgIpc) is 2.76. The fourth-order valence-electron chi connectivity index (χ4n) is 2.49. The Bertz CT molecular complexity index is 375. The molecule has 1 saturated heterocycles. The van der Waals surface area contributed by atoms with Gasteiger partial charge in [-0.1, -0.05) is 18.2 Å². The van der Waals surface area contributed by atoms with Crippen molar-refractivity contribution in [2.45, 2.75) is 38.3 Å². The highest BCUT2D eigenvalue weighted by Gasteiger charge is 2.29. The molecular weight excluding hydrogens is 214 g/mol. The first kappa shape index (κ1) is 12.1. The lowest BCUT2D eigenvalue weighted by Gasteiger charge is -2.25. The van der Waals surface area contributed by atoms with Crippen LogP contribution in [0.1, 0.15) is 36.5 Å². The van der Waals surface area contributed by atoms with Crippen LogP contribution in [0.4, 0.5) is 0 Å². The third-order valence-electron chi connectivity index (χ3n) is 3.27. The van der Waals surface area contributed by atoms with Gasteiger partial charge in [0.25, 0.3) is 5.91 Å². The zero-order chi connectivity index (χ0) is 12.3. The van der Waals surface area contributed by atoms with Crippen molar-refractivity contribution in [2.75, 3.05) is 6.54 Å². The van der Waals surface area contributed by atoms with Gasteiger partial charge in [0.2, 0.25) is 0 Å². The molecule has 0 radical (unpaired) electrons. The van der Waals surface area contributed by atoms with Crippen LogP contribution < -0.4 is 0 Å². The average molecular weight is 233 g/mol. The molecule has 1 aromatic rings. The summed E-state index contributed by atoms with van der Waals surface area (Å²) >= 11 is 0. The summed E-state index contributed by atoms with van der Waals surface area (Å²) in [5.41, 5.74) is 0.741. The molecule has 0 aliphatic carbocycles. The van der Waals surface area contributed by atoms with Gasteiger partial charge in [0, 0.05) is 18.2 Å². The Kier molecular flexibility index (Phi) is 3.79. The molecule has 0 bridgehead atoms. The largest absolute Gasteiger partial charge is 0.393 e. The summed E-state index contributed by atoms with van der Waals surface area (Å²) in [6.07, 6.45) is 2.38. The van der Waals surface area contributed by atoms with Crippen molar-refractivity contribution < 1.29 is 9.90 Å². The quantitative estimate of drug-likeness (QED) is 0.868. The highest BCUT2D eigenvalue weighted by molar-refractivity contribution is 5.94. The summed E-state index contributed by atoms with van der Waals surface area (Å²) in [4.78, 5) is 14.2. The summed E-state index contributed by atoms with van der Waals surface area (Å²) in [6.45, 7) is 2.59. The van der Waals surface area contributed by atoms with Gasteiger partial charge in [-0.05, 0) is 38.3 Å². The van der Waals surface area contributed by atoms with Crippen LogP contribution in [0.25, 0.3) is 0 Å². The molecule has 0 spiro atoms. The Hall–Kier alpha value is -1.35.